The average Bonchev–Trinajstić information content (AvgIpc) is 3.21. The largest absolute Gasteiger partial charge is 0.573 e. The van der Waals surface area contributed by atoms with E-state index in [1.54, 1.807) is 16.8 Å². The van der Waals surface area contributed by atoms with Crippen molar-refractivity contribution in [3.8, 4) is 11.4 Å². The maximum Gasteiger partial charge on any atom is 0.573 e. The van der Waals surface area contributed by atoms with E-state index in [0.29, 0.717) is 5.69 Å². The van der Waals surface area contributed by atoms with Crippen LogP contribution < -0.4 is 9.64 Å². The molecule has 2 heterocycles. The summed E-state index contributed by atoms with van der Waals surface area (Å²) >= 11 is 0. The van der Waals surface area contributed by atoms with E-state index < -0.39 is 6.36 Å². The zero-order chi connectivity index (χ0) is 24.1. The van der Waals surface area contributed by atoms with Gasteiger partial charge < -0.3 is 9.64 Å². The molecule has 1 aliphatic carbocycles. The molecular formula is C25H36F3N5O. The molecule has 0 spiro atoms. The number of hydrogen-bond acceptors (Lipinski definition) is 5. The summed E-state index contributed by atoms with van der Waals surface area (Å²) in [5, 5.41) is 4.73. The molecule has 34 heavy (non-hydrogen) atoms. The van der Waals surface area contributed by atoms with Gasteiger partial charge in [-0.25, -0.2) is 4.68 Å². The molecule has 9 heteroatoms. The highest BCUT2D eigenvalue weighted by Crippen LogP contribution is 2.26. The second kappa shape index (κ2) is 11.0. The Labute approximate surface area is 200 Å². The summed E-state index contributed by atoms with van der Waals surface area (Å²) in [4.78, 5) is 7.51. The standard InChI is InChI=1S/C25H36F3N5O/c1-3-31(21-7-5-4-6-8-21)16-13-30-14-17-32(18-15-30)24-19-20(2)33(29-24)22-9-11-23(12-10-22)34-25(26,27)28/h9-12,19,21H,3-8,13-18H2,1-2H3. The van der Waals surface area contributed by atoms with E-state index in [2.05, 4.69) is 26.4 Å². The minimum absolute atomic E-state index is 0.234. The van der Waals surface area contributed by atoms with Gasteiger partial charge in [-0.3, -0.25) is 9.80 Å². The highest BCUT2D eigenvalue weighted by atomic mass is 19.4. The lowest BCUT2D eigenvalue weighted by atomic mass is 9.94. The zero-order valence-electron chi connectivity index (χ0n) is 20.2. The van der Waals surface area contributed by atoms with Crippen molar-refractivity contribution in [2.24, 2.45) is 0 Å². The molecule has 0 atom stereocenters. The van der Waals surface area contributed by atoms with Crippen LogP contribution in [-0.4, -0.2) is 77.8 Å². The number of nitrogens with zero attached hydrogens (tertiary/aromatic N) is 5. The van der Waals surface area contributed by atoms with Gasteiger partial charge in [0.2, 0.25) is 0 Å². The third-order valence-corrected chi connectivity index (χ3v) is 7.09. The number of likely N-dealkylation sites (N-methyl/N-ethyl adjacent to an activating group) is 1. The first-order valence-corrected chi connectivity index (χ1v) is 12.5. The summed E-state index contributed by atoms with van der Waals surface area (Å²) in [7, 11) is 0. The molecule has 0 N–H and O–H groups in total. The molecule has 1 saturated carbocycles. The summed E-state index contributed by atoms with van der Waals surface area (Å²) in [5.74, 6) is 0.674. The molecule has 0 radical (unpaired) electrons. The summed E-state index contributed by atoms with van der Waals surface area (Å²) in [6.07, 6.45) is 2.14. The Balaban J connectivity index is 1.29. The number of ether oxygens (including phenoxy) is 1. The second-order valence-corrected chi connectivity index (χ2v) is 9.35. The van der Waals surface area contributed by atoms with Gasteiger partial charge in [-0.2, -0.15) is 5.10 Å². The Morgan fingerprint density at radius 3 is 2.32 bits per heavy atom. The van der Waals surface area contributed by atoms with Crippen molar-refractivity contribution in [1.82, 2.24) is 19.6 Å². The fourth-order valence-electron chi connectivity index (χ4n) is 5.18. The molecular weight excluding hydrogens is 443 g/mol. The minimum atomic E-state index is -4.69. The van der Waals surface area contributed by atoms with E-state index in [9.17, 15) is 13.2 Å². The maximum absolute atomic E-state index is 12.4. The van der Waals surface area contributed by atoms with Crippen LogP contribution in [0, 0.1) is 6.92 Å². The Hall–Kier alpha value is -2.26. The molecule has 0 bridgehead atoms. The van der Waals surface area contributed by atoms with Crippen molar-refractivity contribution < 1.29 is 17.9 Å². The van der Waals surface area contributed by atoms with Gasteiger partial charge in [0.05, 0.1) is 5.69 Å². The van der Waals surface area contributed by atoms with Gasteiger partial charge in [0.1, 0.15) is 5.75 Å². The third-order valence-electron chi connectivity index (χ3n) is 7.09. The minimum Gasteiger partial charge on any atom is -0.406 e. The van der Waals surface area contributed by atoms with E-state index in [0.717, 1.165) is 63.4 Å². The molecule has 6 nitrogen and oxygen atoms in total. The van der Waals surface area contributed by atoms with E-state index in [4.69, 9.17) is 5.10 Å². The second-order valence-electron chi connectivity index (χ2n) is 9.35. The zero-order valence-corrected chi connectivity index (χ0v) is 20.2. The topological polar surface area (TPSA) is 36.8 Å². The van der Waals surface area contributed by atoms with Crippen LogP contribution in [0.5, 0.6) is 5.75 Å². The number of aromatic nitrogens is 2. The van der Waals surface area contributed by atoms with Gasteiger partial charge in [0.15, 0.2) is 5.82 Å². The molecule has 2 fully saturated rings. The number of benzene rings is 1. The summed E-state index contributed by atoms with van der Waals surface area (Å²) in [5.41, 5.74) is 1.65. The normalized spacial score (nSPS) is 18.6. The van der Waals surface area contributed by atoms with Crippen LogP contribution in [0.1, 0.15) is 44.7 Å². The summed E-state index contributed by atoms with van der Waals surface area (Å²) in [6, 6.07) is 8.62. The monoisotopic (exact) mass is 479 g/mol. The van der Waals surface area contributed by atoms with Crippen LogP contribution in [0.15, 0.2) is 30.3 Å². The van der Waals surface area contributed by atoms with Crippen LogP contribution in [0.25, 0.3) is 5.69 Å². The molecule has 0 amide bonds. The van der Waals surface area contributed by atoms with Crippen molar-refractivity contribution in [3.05, 3.63) is 36.0 Å². The van der Waals surface area contributed by atoms with Crippen LogP contribution in [0.3, 0.4) is 0 Å². The summed E-state index contributed by atoms with van der Waals surface area (Å²) in [6.45, 7) is 11.5. The van der Waals surface area contributed by atoms with Crippen LogP contribution >= 0.6 is 0 Å². The maximum atomic E-state index is 12.4. The average molecular weight is 480 g/mol. The Morgan fingerprint density at radius 1 is 1.03 bits per heavy atom. The van der Waals surface area contributed by atoms with E-state index >= 15 is 0 Å². The van der Waals surface area contributed by atoms with Gasteiger partial charge in [-0.1, -0.05) is 26.2 Å². The molecule has 1 saturated heterocycles. The molecule has 2 aliphatic rings. The van der Waals surface area contributed by atoms with Crippen molar-refractivity contribution in [2.45, 2.75) is 58.4 Å². The number of rotatable bonds is 8. The fraction of sp³-hybridized carbons (Fsp3) is 0.640. The van der Waals surface area contributed by atoms with Gasteiger partial charge in [0, 0.05) is 57.1 Å². The molecule has 188 valence electrons. The fourth-order valence-corrected chi connectivity index (χ4v) is 5.18. The Morgan fingerprint density at radius 2 is 1.71 bits per heavy atom. The molecule has 2 aromatic rings. The molecule has 1 aromatic heterocycles. The van der Waals surface area contributed by atoms with Crippen molar-refractivity contribution >= 4 is 5.82 Å². The molecule has 1 aliphatic heterocycles. The number of anilines is 1. The Kier molecular flexibility index (Phi) is 8.03. The first kappa shape index (κ1) is 24.9. The predicted molar refractivity (Wildman–Crippen MR) is 128 cm³/mol. The number of aryl methyl sites for hydroxylation is 1. The van der Waals surface area contributed by atoms with Crippen molar-refractivity contribution in [1.29, 1.82) is 0 Å². The lowest BCUT2D eigenvalue weighted by molar-refractivity contribution is -0.274. The lowest BCUT2D eigenvalue weighted by Crippen LogP contribution is -2.49. The number of piperazine rings is 1. The van der Waals surface area contributed by atoms with Crippen molar-refractivity contribution in [3.63, 3.8) is 0 Å². The first-order chi connectivity index (χ1) is 16.3. The molecule has 1 aromatic carbocycles. The summed E-state index contributed by atoms with van der Waals surface area (Å²) < 4.78 is 42.9. The van der Waals surface area contributed by atoms with Gasteiger partial charge in [-0.05, 0) is 50.6 Å². The highest BCUT2D eigenvalue weighted by molar-refractivity contribution is 5.45. The smallest absolute Gasteiger partial charge is 0.406 e. The third kappa shape index (κ3) is 6.44. The quantitative estimate of drug-likeness (QED) is 0.541. The lowest BCUT2D eigenvalue weighted by Gasteiger charge is -2.38. The first-order valence-electron chi connectivity index (χ1n) is 12.5. The Bertz CT molecular complexity index is 900. The highest BCUT2D eigenvalue weighted by Gasteiger charge is 2.31. The number of alkyl halides is 3. The number of hydrogen-bond donors (Lipinski definition) is 0. The molecule has 4 rings (SSSR count). The van der Waals surface area contributed by atoms with Gasteiger partial charge in [0.25, 0.3) is 0 Å². The van der Waals surface area contributed by atoms with Crippen LogP contribution in [0.2, 0.25) is 0 Å². The van der Waals surface area contributed by atoms with E-state index in [-0.39, 0.29) is 5.75 Å². The van der Waals surface area contributed by atoms with Crippen LogP contribution in [-0.2, 0) is 0 Å². The van der Waals surface area contributed by atoms with Gasteiger partial charge in [-0.15, -0.1) is 13.2 Å². The predicted octanol–water partition coefficient (Wildman–Crippen LogP) is 4.86. The SMILES string of the molecule is CCN(CCN1CCN(c2cc(C)n(-c3ccc(OC(F)(F)F)cc3)n2)CC1)C1CCCCC1. The van der Waals surface area contributed by atoms with Crippen LogP contribution in [0.4, 0.5) is 19.0 Å². The van der Waals surface area contributed by atoms with E-state index in [1.807, 2.05) is 13.0 Å². The van der Waals surface area contributed by atoms with Crippen molar-refractivity contribution in [2.75, 3.05) is 50.7 Å². The van der Waals surface area contributed by atoms with Gasteiger partial charge >= 0.3 is 6.36 Å². The number of halogens is 3. The van der Waals surface area contributed by atoms with E-state index in [1.165, 1.54) is 44.2 Å². The molecule has 0 unspecified atom stereocenters.